The van der Waals surface area contributed by atoms with E-state index in [1.54, 1.807) is 6.20 Å². The lowest BCUT2D eigenvalue weighted by Gasteiger charge is -2.32. The van der Waals surface area contributed by atoms with Gasteiger partial charge in [-0.1, -0.05) is 11.3 Å². The number of aliphatic hydroxyl groups excluding tert-OH is 1. The number of nitrogens with one attached hydrogen (secondary N) is 1. The number of aliphatic hydroxyl groups is 1. The van der Waals surface area contributed by atoms with Gasteiger partial charge in [-0.05, 0) is 25.3 Å². The average Bonchev–Trinajstić information content (AvgIpc) is 3.33. The van der Waals surface area contributed by atoms with Gasteiger partial charge in [0, 0.05) is 25.2 Å². The molecule has 1 amide bonds. The molecule has 0 aromatic carbocycles. The second-order valence-electron chi connectivity index (χ2n) is 6.39. The van der Waals surface area contributed by atoms with Crippen LogP contribution in [0.2, 0.25) is 0 Å². The standard InChI is InChI=1S/C16H17N5O2S/c17-6-9-5-11(22)8-21(7-9)16-19-12-3-4-18-14(13(12)24-16)20-15(23)10-1-2-10/h3-4,9-11,22H,1-2,5,7-8H2,(H,18,20,23)/t9-,11+/m0/s1. The van der Waals surface area contributed by atoms with Crippen molar-refractivity contribution >= 4 is 38.4 Å². The molecule has 2 aromatic rings. The molecule has 0 unspecified atom stereocenters. The first-order valence-electron chi connectivity index (χ1n) is 8.03. The number of hydrogen-bond donors (Lipinski definition) is 2. The second-order valence-corrected chi connectivity index (χ2v) is 7.37. The lowest BCUT2D eigenvalue weighted by molar-refractivity contribution is -0.117. The van der Waals surface area contributed by atoms with Crippen molar-refractivity contribution in [3.05, 3.63) is 12.3 Å². The third kappa shape index (κ3) is 2.92. The molecule has 124 valence electrons. The van der Waals surface area contributed by atoms with Gasteiger partial charge in [0.25, 0.3) is 0 Å². The Morgan fingerprint density at radius 3 is 3.04 bits per heavy atom. The summed E-state index contributed by atoms with van der Waals surface area (Å²) >= 11 is 1.44. The van der Waals surface area contributed by atoms with E-state index in [9.17, 15) is 9.90 Å². The molecule has 1 aliphatic heterocycles. The summed E-state index contributed by atoms with van der Waals surface area (Å²) < 4.78 is 0.829. The monoisotopic (exact) mass is 343 g/mol. The summed E-state index contributed by atoms with van der Waals surface area (Å²) in [6, 6.07) is 4.04. The Bertz CT molecular complexity index is 825. The van der Waals surface area contributed by atoms with Gasteiger partial charge in [-0.3, -0.25) is 4.79 Å². The number of β-amino-alcohol motifs (C(OH)–C–C–N with tert-alkyl or cyclic N) is 1. The highest BCUT2D eigenvalue weighted by atomic mass is 32.1. The first-order chi connectivity index (χ1) is 11.6. The van der Waals surface area contributed by atoms with Crippen LogP contribution in [0, 0.1) is 23.2 Å². The zero-order valence-corrected chi connectivity index (χ0v) is 13.8. The SMILES string of the molecule is N#C[C@@H]1C[C@@H](O)CN(c2nc3ccnc(NC(=O)C4CC4)c3s2)C1. The van der Waals surface area contributed by atoms with Gasteiger partial charge in [-0.25, -0.2) is 9.97 Å². The van der Waals surface area contributed by atoms with Crippen LogP contribution in [0.1, 0.15) is 19.3 Å². The molecule has 2 N–H and O–H groups in total. The number of hydrogen-bond acceptors (Lipinski definition) is 7. The van der Waals surface area contributed by atoms with Crippen molar-refractivity contribution in [1.29, 1.82) is 5.26 Å². The van der Waals surface area contributed by atoms with Crippen LogP contribution < -0.4 is 10.2 Å². The fraction of sp³-hybridized carbons (Fsp3) is 0.500. The summed E-state index contributed by atoms with van der Waals surface area (Å²) in [4.78, 5) is 22.8. The molecule has 2 fully saturated rings. The number of pyridine rings is 1. The summed E-state index contributed by atoms with van der Waals surface area (Å²) in [6.45, 7) is 1.03. The Balaban J connectivity index is 1.63. The molecular weight excluding hydrogens is 326 g/mol. The highest BCUT2D eigenvalue weighted by Gasteiger charge is 2.31. The van der Waals surface area contributed by atoms with E-state index in [0.717, 1.165) is 28.2 Å². The minimum absolute atomic E-state index is 0.0166. The van der Waals surface area contributed by atoms with Crippen LogP contribution >= 0.6 is 11.3 Å². The number of nitriles is 1. The zero-order valence-electron chi connectivity index (χ0n) is 13.0. The van der Waals surface area contributed by atoms with Crippen LogP contribution in [0.5, 0.6) is 0 Å². The van der Waals surface area contributed by atoms with Gasteiger partial charge in [0.1, 0.15) is 0 Å². The van der Waals surface area contributed by atoms with Gasteiger partial charge in [-0.15, -0.1) is 0 Å². The van der Waals surface area contributed by atoms with E-state index in [0.29, 0.717) is 25.3 Å². The van der Waals surface area contributed by atoms with Crippen molar-refractivity contribution < 1.29 is 9.90 Å². The first kappa shape index (κ1) is 15.3. The lowest BCUT2D eigenvalue weighted by Crippen LogP contribution is -2.42. The van der Waals surface area contributed by atoms with Crippen molar-refractivity contribution in [2.75, 3.05) is 23.3 Å². The molecule has 2 atom stereocenters. The molecule has 7 nitrogen and oxygen atoms in total. The number of aromatic nitrogens is 2. The van der Waals surface area contributed by atoms with Crippen molar-refractivity contribution in [2.24, 2.45) is 11.8 Å². The first-order valence-corrected chi connectivity index (χ1v) is 8.84. The van der Waals surface area contributed by atoms with Crippen LogP contribution in [-0.2, 0) is 4.79 Å². The van der Waals surface area contributed by atoms with Crippen LogP contribution in [0.25, 0.3) is 10.2 Å². The number of fused-ring (bicyclic) bond motifs is 1. The van der Waals surface area contributed by atoms with E-state index >= 15 is 0 Å². The Labute approximate surface area is 142 Å². The summed E-state index contributed by atoms with van der Waals surface area (Å²) in [5, 5.41) is 22.8. The number of piperidine rings is 1. The molecule has 1 saturated heterocycles. The largest absolute Gasteiger partial charge is 0.391 e. The number of carbonyl (C=O) groups excluding carboxylic acids is 1. The molecule has 2 aromatic heterocycles. The molecule has 0 spiro atoms. The molecule has 3 heterocycles. The Morgan fingerprint density at radius 2 is 2.29 bits per heavy atom. The maximum absolute atomic E-state index is 12.0. The van der Waals surface area contributed by atoms with E-state index in [1.165, 1.54) is 11.3 Å². The molecule has 24 heavy (non-hydrogen) atoms. The number of amides is 1. The number of rotatable bonds is 3. The van der Waals surface area contributed by atoms with Crippen molar-refractivity contribution in [2.45, 2.75) is 25.4 Å². The third-order valence-corrected chi connectivity index (χ3v) is 5.50. The van der Waals surface area contributed by atoms with Gasteiger partial charge in [0.2, 0.25) is 5.91 Å². The van der Waals surface area contributed by atoms with Crippen LogP contribution in [0.3, 0.4) is 0 Å². The smallest absolute Gasteiger partial charge is 0.228 e. The molecule has 1 saturated carbocycles. The van der Waals surface area contributed by atoms with E-state index < -0.39 is 6.10 Å². The highest BCUT2D eigenvalue weighted by molar-refractivity contribution is 7.22. The molecule has 1 aliphatic carbocycles. The number of thiazole rings is 1. The predicted molar refractivity (Wildman–Crippen MR) is 90.7 cm³/mol. The molecular formula is C16H17N5O2S. The van der Waals surface area contributed by atoms with Gasteiger partial charge < -0.3 is 15.3 Å². The molecule has 8 heteroatoms. The van der Waals surface area contributed by atoms with Crippen LogP contribution in [0.4, 0.5) is 10.9 Å². The Morgan fingerprint density at radius 1 is 1.46 bits per heavy atom. The quantitative estimate of drug-likeness (QED) is 0.880. The second kappa shape index (κ2) is 6.00. The molecule has 0 bridgehead atoms. The van der Waals surface area contributed by atoms with Gasteiger partial charge in [-0.2, -0.15) is 5.26 Å². The maximum Gasteiger partial charge on any atom is 0.228 e. The Kier molecular flexibility index (Phi) is 3.82. The van der Waals surface area contributed by atoms with E-state index in [-0.39, 0.29) is 17.7 Å². The summed E-state index contributed by atoms with van der Waals surface area (Å²) in [7, 11) is 0. The summed E-state index contributed by atoms with van der Waals surface area (Å²) in [5.41, 5.74) is 0.768. The van der Waals surface area contributed by atoms with E-state index in [2.05, 4.69) is 21.4 Å². The maximum atomic E-state index is 12.0. The fourth-order valence-corrected chi connectivity index (χ4v) is 3.98. The average molecular weight is 343 g/mol. The number of anilines is 2. The van der Waals surface area contributed by atoms with Crippen molar-refractivity contribution in [3.63, 3.8) is 0 Å². The van der Waals surface area contributed by atoms with Gasteiger partial charge in [0.05, 0.1) is 28.3 Å². The topological polar surface area (TPSA) is 102 Å². The highest BCUT2D eigenvalue weighted by Crippen LogP contribution is 2.36. The Hall–Kier alpha value is -2.24. The van der Waals surface area contributed by atoms with Crippen molar-refractivity contribution in [3.8, 4) is 6.07 Å². The van der Waals surface area contributed by atoms with Crippen molar-refractivity contribution in [1.82, 2.24) is 9.97 Å². The van der Waals surface area contributed by atoms with E-state index in [1.807, 2.05) is 11.0 Å². The number of carbonyl (C=O) groups is 1. The lowest BCUT2D eigenvalue weighted by atomic mass is 9.98. The van der Waals surface area contributed by atoms with Gasteiger partial charge >= 0.3 is 0 Å². The fourth-order valence-electron chi connectivity index (χ4n) is 2.95. The molecule has 0 radical (unpaired) electrons. The normalized spacial score (nSPS) is 23.9. The minimum atomic E-state index is -0.525. The third-order valence-electron chi connectivity index (χ3n) is 4.36. The predicted octanol–water partition coefficient (Wildman–Crippen LogP) is 1.75. The summed E-state index contributed by atoms with van der Waals surface area (Å²) in [6.07, 6.45) is 3.50. The molecule has 2 aliphatic rings. The van der Waals surface area contributed by atoms with E-state index in [4.69, 9.17) is 5.26 Å². The minimum Gasteiger partial charge on any atom is -0.391 e. The number of nitrogens with zero attached hydrogens (tertiary/aromatic N) is 4. The molecule has 4 rings (SSSR count). The van der Waals surface area contributed by atoms with Crippen LogP contribution in [0.15, 0.2) is 12.3 Å². The zero-order chi connectivity index (χ0) is 16.7. The van der Waals surface area contributed by atoms with Gasteiger partial charge in [0.15, 0.2) is 10.9 Å². The van der Waals surface area contributed by atoms with Crippen LogP contribution in [-0.4, -0.2) is 40.2 Å². The summed E-state index contributed by atoms with van der Waals surface area (Å²) in [5.74, 6) is 0.474.